The SMILES string of the molecule is CC[C@@H](N[C@H](C)CC(N)=O)c1ccc(Cl)c(Oc2nc3ccccc3s2)c1F. The number of thiazole rings is 1. The number of hydrogen-bond donors (Lipinski definition) is 2. The molecule has 0 aliphatic carbocycles. The Bertz CT molecular complexity index is 962. The fourth-order valence-corrected chi connectivity index (χ4v) is 4.03. The summed E-state index contributed by atoms with van der Waals surface area (Å²) in [6.45, 7) is 3.76. The maximum absolute atomic E-state index is 15.3. The highest BCUT2D eigenvalue weighted by Gasteiger charge is 2.23. The van der Waals surface area contributed by atoms with E-state index in [1.165, 1.54) is 11.3 Å². The molecular weight excluding hydrogens is 401 g/mol. The number of carbonyl (C=O) groups excluding carboxylic acids is 1. The summed E-state index contributed by atoms with van der Waals surface area (Å²) in [5, 5.41) is 3.72. The van der Waals surface area contributed by atoms with Gasteiger partial charge in [-0.1, -0.05) is 48.1 Å². The first-order valence-corrected chi connectivity index (χ1v) is 10.1. The highest BCUT2D eigenvalue weighted by Crippen LogP contribution is 2.39. The molecule has 0 saturated heterocycles. The first-order valence-electron chi connectivity index (χ1n) is 8.94. The van der Waals surface area contributed by atoms with Gasteiger partial charge in [0, 0.05) is 24.1 Å². The number of fused-ring (bicyclic) bond motifs is 1. The molecule has 0 spiro atoms. The Labute approximate surface area is 171 Å². The molecule has 1 heterocycles. The third kappa shape index (κ3) is 4.60. The maximum Gasteiger partial charge on any atom is 0.279 e. The topological polar surface area (TPSA) is 77.2 Å². The van der Waals surface area contributed by atoms with Crippen LogP contribution < -0.4 is 15.8 Å². The molecule has 0 aliphatic rings. The van der Waals surface area contributed by atoms with Gasteiger partial charge in [-0.3, -0.25) is 4.79 Å². The number of para-hydroxylation sites is 1. The van der Waals surface area contributed by atoms with Gasteiger partial charge >= 0.3 is 0 Å². The van der Waals surface area contributed by atoms with E-state index in [1.807, 2.05) is 38.1 Å². The lowest BCUT2D eigenvalue weighted by atomic mass is 10.0. The number of nitrogens with one attached hydrogen (secondary N) is 1. The molecular formula is C20H21ClFN3O2S. The number of nitrogens with zero attached hydrogens (tertiary/aromatic N) is 1. The lowest BCUT2D eigenvalue weighted by molar-refractivity contribution is -0.118. The smallest absolute Gasteiger partial charge is 0.279 e. The van der Waals surface area contributed by atoms with Crippen molar-refractivity contribution >= 4 is 39.1 Å². The van der Waals surface area contributed by atoms with Gasteiger partial charge in [-0.15, -0.1) is 0 Å². The molecule has 0 radical (unpaired) electrons. The van der Waals surface area contributed by atoms with Crippen LogP contribution in [0.2, 0.25) is 5.02 Å². The van der Waals surface area contributed by atoms with Crippen molar-refractivity contribution in [2.24, 2.45) is 5.73 Å². The van der Waals surface area contributed by atoms with E-state index in [0.29, 0.717) is 17.2 Å². The molecule has 28 heavy (non-hydrogen) atoms. The molecule has 0 aliphatic heterocycles. The highest BCUT2D eigenvalue weighted by atomic mass is 35.5. The van der Waals surface area contributed by atoms with E-state index in [-0.39, 0.29) is 29.3 Å². The number of amides is 1. The Kier molecular flexibility index (Phi) is 6.49. The van der Waals surface area contributed by atoms with E-state index in [1.54, 1.807) is 12.1 Å². The zero-order chi connectivity index (χ0) is 20.3. The van der Waals surface area contributed by atoms with E-state index in [0.717, 1.165) is 10.2 Å². The van der Waals surface area contributed by atoms with Gasteiger partial charge in [-0.2, -0.15) is 0 Å². The van der Waals surface area contributed by atoms with Crippen molar-refractivity contribution in [3.8, 4) is 10.9 Å². The quantitative estimate of drug-likeness (QED) is 0.525. The first kappa shape index (κ1) is 20.5. The average Bonchev–Trinajstić information content (AvgIpc) is 3.05. The second-order valence-electron chi connectivity index (χ2n) is 6.53. The summed E-state index contributed by atoms with van der Waals surface area (Å²) >= 11 is 7.52. The minimum Gasteiger partial charge on any atom is -0.426 e. The molecule has 1 amide bonds. The molecule has 2 atom stereocenters. The lowest BCUT2D eigenvalue weighted by Gasteiger charge is -2.23. The number of nitrogens with two attached hydrogens (primary N) is 1. The van der Waals surface area contributed by atoms with Crippen LogP contribution in [0.15, 0.2) is 36.4 Å². The normalized spacial score (nSPS) is 13.4. The fourth-order valence-electron chi connectivity index (χ4n) is 3.02. The van der Waals surface area contributed by atoms with Crippen LogP contribution in [0.4, 0.5) is 4.39 Å². The summed E-state index contributed by atoms with van der Waals surface area (Å²) in [4.78, 5) is 15.5. The van der Waals surface area contributed by atoms with Gasteiger partial charge in [-0.25, -0.2) is 9.37 Å². The summed E-state index contributed by atoms with van der Waals surface area (Å²) in [6.07, 6.45) is 0.781. The van der Waals surface area contributed by atoms with Gasteiger partial charge in [0.05, 0.1) is 15.2 Å². The Hall–Kier alpha value is -2.22. The van der Waals surface area contributed by atoms with Crippen LogP contribution in [0.25, 0.3) is 10.2 Å². The molecule has 8 heteroatoms. The molecule has 3 N–H and O–H groups in total. The number of hydrogen-bond acceptors (Lipinski definition) is 5. The highest BCUT2D eigenvalue weighted by molar-refractivity contribution is 7.20. The van der Waals surface area contributed by atoms with E-state index in [4.69, 9.17) is 22.1 Å². The Morgan fingerprint density at radius 2 is 2.11 bits per heavy atom. The molecule has 5 nitrogen and oxygen atoms in total. The summed E-state index contributed by atoms with van der Waals surface area (Å²) < 4.78 is 21.9. The van der Waals surface area contributed by atoms with Gasteiger partial charge in [0.25, 0.3) is 5.19 Å². The van der Waals surface area contributed by atoms with Crippen molar-refractivity contribution in [3.63, 3.8) is 0 Å². The predicted molar refractivity (Wildman–Crippen MR) is 111 cm³/mol. The van der Waals surface area contributed by atoms with E-state index in [9.17, 15) is 4.79 Å². The number of primary amides is 1. The van der Waals surface area contributed by atoms with Crippen LogP contribution in [0.3, 0.4) is 0 Å². The lowest BCUT2D eigenvalue weighted by Crippen LogP contribution is -2.34. The van der Waals surface area contributed by atoms with Crippen LogP contribution in [-0.4, -0.2) is 16.9 Å². The van der Waals surface area contributed by atoms with Gasteiger partial charge < -0.3 is 15.8 Å². The van der Waals surface area contributed by atoms with Crippen molar-refractivity contribution in [2.45, 2.75) is 38.8 Å². The maximum atomic E-state index is 15.3. The Balaban J connectivity index is 1.89. The number of rotatable bonds is 8. The number of ether oxygens (including phenoxy) is 1. The molecule has 0 unspecified atom stereocenters. The number of carbonyl (C=O) groups is 1. The van der Waals surface area contributed by atoms with Crippen LogP contribution >= 0.6 is 22.9 Å². The van der Waals surface area contributed by atoms with Crippen molar-refractivity contribution < 1.29 is 13.9 Å². The third-order valence-electron chi connectivity index (χ3n) is 4.32. The van der Waals surface area contributed by atoms with E-state index in [2.05, 4.69) is 10.3 Å². The molecule has 1 aromatic heterocycles. The molecule has 0 saturated carbocycles. The predicted octanol–water partition coefficient (Wildman–Crippen LogP) is 5.19. The second-order valence-corrected chi connectivity index (χ2v) is 7.93. The molecule has 0 fully saturated rings. The summed E-state index contributed by atoms with van der Waals surface area (Å²) in [7, 11) is 0. The van der Waals surface area contributed by atoms with Crippen molar-refractivity contribution in [1.29, 1.82) is 0 Å². The summed E-state index contributed by atoms with van der Waals surface area (Å²) in [6, 6.07) is 10.3. The van der Waals surface area contributed by atoms with Crippen LogP contribution in [-0.2, 0) is 4.79 Å². The van der Waals surface area contributed by atoms with E-state index < -0.39 is 11.7 Å². The molecule has 3 rings (SSSR count). The zero-order valence-electron chi connectivity index (χ0n) is 15.5. The molecule has 2 aromatic carbocycles. The average molecular weight is 422 g/mol. The minimum absolute atomic E-state index is 0.0546. The third-order valence-corrected chi connectivity index (χ3v) is 5.53. The number of benzene rings is 2. The van der Waals surface area contributed by atoms with Gasteiger partial charge in [0.2, 0.25) is 5.91 Å². The summed E-state index contributed by atoms with van der Waals surface area (Å²) in [5.41, 5.74) is 6.44. The number of aromatic nitrogens is 1. The monoisotopic (exact) mass is 421 g/mol. The van der Waals surface area contributed by atoms with Crippen molar-refractivity contribution in [2.75, 3.05) is 0 Å². The van der Waals surface area contributed by atoms with Crippen LogP contribution in [0, 0.1) is 5.82 Å². The standard InChI is InChI=1S/C20H21ClFN3O2S/c1-3-14(24-11(2)10-17(23)26)12-8-9-13(21)19(18(12)22)27-20-25-15-6-4-5-7-16(15)28-20/h4-9,11,14,24H,3,10H2,1-2H3,(H2,23,26)/t11-,14-/m1/s1. The van der Waals surface area contributed by atoms with E-state index >= 15 is 4.39 Å². The van der Waals surface area contributed by atoms with Gasteiger partial charge in [0.1, 0.15) is 0 Å². The first-order chi connectivity index (χ1) is 13.4. The van der Waals surface area contributed by atoms with Gasteiger partial charge in [-0.05, 0) is 31.5 Å². The largest absolute Gasteiger partial charge is 0.426 e. The zero-order valence-corrected chi connectivity index (χ0v) is 17.1. The summed E-state index contributed by atoms with van der Waals surface area (Å²) in [5.74, 6) is -1.01. The molecule has 148 valence electrons. The Morgan fingerprint density at radius 1 is 1.36 bits per heavy atom. The molecule has 3 aromatic rings. The van der Waals surface area contributed by atoms with Crippen LogP contribution in [0.5, 0.6) is 10.9 Å². The van der Waals surface area contributed by atoms with Crippen molar-refractivity contribution in [1.82, 2.24) is 10.3 Å². The van der Waals surface area contributed by atoms with Gasteiger partial charge in [0.15, 0.2) is 11.6 Å². The second kappa shape index (κ2) is 8.86. The minimum atomic E-state index is -0.544. The molecule has 0 bridgehead atoms. The number of halogens is 2. The van der Waals surface area contributed by atoms with Crippen LogP contribution in [0.1, 0.15) is 38.3 Å². The fraction of sp³-hybridized carbons (Fsp3) is 0.300. The Morgan fingerprint density at radius 3 is 2.79 bits per heavy atom. The van der Waals surface area contributed by atoms with Crippen molar-refractivity contribution in [3.05, 3.63) is 52.8 Å².